The number of hydrogen-bond donors (Lipinski definition) is 1. The lowest BCUT2D eigenvalue weighted by atomic mass is 9.92. The number of hydrogen-bond acceptors (Lipinski definition) is 3. The molecule has 1 N–H and O–H groups in total. The van der Waals surface area contributed by atoms with Crippen LogP contribution < -0.4 is 5.32 Å². The van der Waals surface area contributed by atoms with Crippen molar-refractivity contribution in [3.8, 4) is 0 Å². The molecule has 82 valence electrons. The SMILES string of the molecule is CC1(NC(=O)c2ccco2)CCOCC1. The van der Waals surface area contributed by atoms with Crippen molar-refractivity contribution < 1.29 is 13.9 Å². The number of nitrogens with one attached hydrogen (secondary N) is 1. The Kier molecular flexibility index (Phi) is 2.77. The lowest BCUT2D eigenvalue weighted by Gasteiger charge is -2.34. The lowest BCUT2D eigenvalue weighted by Crippen LogP contribution is -2.49. The Labute approximate surface area is 88.6 Å². The van der Waals surface area contributed by atoms with Crippen LogP contribution in [0.3, 0.4) is 0 Å². The number of carbonyl (C=O) groups is 1. The Morgan fingerprint density at radius 2 is 2.20 bits per heavy atom. The Morgan fingerprint density at radius 3 is 2.80 bits per heavy atom. The molecule has 0 radical (unpaired) electrons. The summed E-state index contributed by atoms with van der Waals surface area (Å²) >= 11 is 0. The topological polar surface area (TPSA) is 51.5 Å². The van der Waals surface area contributed by atoms with E-state index >= 15 is 0 Å². The molecule has 4 nitrogen and oxygen atoms in total. The number of ether oxygens (including phenoxy) is 1. The van der Waals surface area contributed by atoms with Gasteiger partial charge in [-0.25, -0.2) is 0 Å². The molecule has 1 aromatic heterocycles. The van der Waals surface area contributed by atoms with Gasteiger partial charge < -0.3 is 14.5 Å². The minimum atomic E-state index is -0.165. The van der Waals surface area contributed by atoms with Crippen LogP contribution in [0.5, 0.6) is 0 Å². The summed E-state index contributed by atoms with van der Waals surface area (Å²) in [4.78, 5) is 11.7. The predicted octanol–water partition coefficient (Wildman–Crippen LogP) is 1.58. The molecule has 2 heterocycles. The molecular formula is C11H15NO3. The van der Waals surface area contributed by atoms with E-state index < -0.39 is 0 Å². The first-order chi connectivity index (χ1) is 7.20. The van der Waals surface area contributed by atoms with Gasteiger partial charge in [0.15, 0.2) is 5.76 Å². The second-order valence-electron chi connectivity index (χ2n) is 4.10. The molecule has 4 heteroatoms. The molecule has 0 saturated carbocycles. The largest absolute Gasteiger partial charge is 0.459 e. The highest BCUT2D eigenvalue weighted by molar-refractivity contribution is 5.91. The lowest BCUT2D eigenvalue weighted by molar-refractivity contribution is 0.0414. The van der Waals surface area contributed by atoms with Crippen LogP contribution in [0, 0.1) is 0 Å². The predicted molar refractivity (Wildman–Crippen MR) is 54.6 cm³/mol. The van der Waals surface area contributed by atoms with Crippen molar-refractivity contribution in [3.05, 3.63) is 24.2 Å². The van der Waals surface area contributed by atoms with Gasteiger partial charge in [-0.3, -0.25) is 4.79 Å². The van der Waals surface area contributed by atoms with Crippen LogP contribution in [0.15, 0.2) is 22.8 Å². The van der Waals surface area contributed by atoms with Gasteiger partial charge in [-0.15, -0.1) is 0 Å². The maximum atomic E-state index is 11.7. The molecule has 15 heavy (non-hydrogen) atoms. The molecule has 1 aliphatic rings. The third-order valence-corrected chi connectivity index (χ3v) is 2.76. The average molecular weight is 209 g/mol. The third-order valence-electron chi connectivity index (χ3n) is 2.76. The van der Waals surface area contributed by atoms with Gasteiger partial charge in [-0.2, -0.15) is 0 Å². The first kappa shape index (κ1) is 10.2. The zero-order valence-corrected chi connectivity index (χ0v) is 8.79. The Bertz CT molecular complexity index is 326. The van der Waals surface area contributed by atoms with E-state index in [1.54, 1.807) is 12.1 Å². The van der Waals surface area contributed by atoms with Crippen molar-refractivity contribution in [2.75, 3.05) is 13.2 Å². The zero-order valence-electron chi connectivity index (χ0n) is 8.79. The minimum Gasteiger partial charge on any atom is -0.459 e. The summed E-state index contributed by atoms with van der Waals surface area (Å²) in [5.41, 5.74) is -0.165. The molecule has 0 aliphatic carbocycles. The van der Waals surface area contributed by atoms with Gasteiger partial charge in [0.05, 0.1) is 6.26 Å². The summed E-state index contributed by atoms with van der Waals surface area (Å²) in [6.07, 6.45) is 3.19. The smallest absolute Gasteiger partial charge is 0.287 e. The van der Waals surface area contributed by atoms with Crippen molar-refractivity contribution in [1.82, 2.24) is 5.32 Å². The van der Waals surface area contributed by atoms with Gasteiger partial charge in [0.25, 0.3) is 5.91 Å². The molecule has 0 aromatic carbocycles. The fourth-order valence-corrected chi connectivity index (χ4v) is 1.69. The quantitative estimate of drug-likeness (QED) is 0.804. The maximum Gasteiger partial charge on any atom is 0.287 e. The van der Waals surface area contributed by atoms with E-state index in [4.69, 9.17) is 9.15 Å². The zero-order chi connectivity index (χ0) is 10.7. The van der Waals surface area contributed by atoms with Crippen molar-refractivity contribution in [2.45, 2.75) is 25.3 Å². The van der Waals surface area contributed by atoms with Crippen LogP contribution in [0.25, 0.3) is 0 Å². The number of amides is 1. The van der Waals surface area contributed by atoms with Gasteiger partial charge in [-0.1, -0.05) is 0 Å². The van der Waals surface area contributed by atoms with Gasteiger partial charge in [-0.05, 0) is 31.9 Å². The van der Waals surface area contributed by atoms with Crippen molar-refractivity contribution in [1.29, 1.82) is 0 Å². The van der Waals surface area contributed by atoms with E-state index in [9.17, 15) is 4.79 Å². The highest BCUT2D eigenvalue weighted by atomic mass is 16.5. The summed E-state index contributed by atoms with van der Waals surface area (Å²) in [5, 5.41) is 2.98. The summed E-state index contributed by atoms with van der Waals surface area (Å²) in [6, 6.07) is 3.37. The molecule has 0 bridgehead atoms. The van der Waals surface area contributed by atoms with E-state index in [1.165, 1.54) is 6.26 Å². The standard InChI is InChI=1S/C11H15NO3/c1-11(4-7-14-8-5-11)12-10(13)9-3-2-6-15-9/h2-3,6H,4-5,7-8H2,1H3,(H,12,13). The second kappa shape index (κ2) is 4.06. The Hall–Kier alpha value is -1.29. The number of carbonyl (C=O) groups excluding carboxylic acids is 1. The van der Waals surface area contributed by atoms with Crippen LogP contribution in [0.4, 0.5) is 0 Å². The van der Waals surface area contributed by atoms with Gasteiger partial charge in [0, 0.05) is 18.8 Å². The Balaban J connectivity index is 1.98. The molecule has 2 rings (SSSR count). The summed E-state index contributed by atoms with van der Waals surface area (Å²) in [6.45, 7) is 3.44. The number of furan rings is 1. The van der Waals surface area contributed by atoms with E-state index in [1.807, 2.05) is 6.92 Å². The van der Waals surface area contributed by atoms with E-state index in [2.05, 4.69) is 5.32 Å². The van der Waals surface area contributed by atoms with E-state index in [0.29, 0.717) is 19.0 Å². The van der Waals surface area contributed by atoms with E-state index in [0.717, 1.165) is 12.8 Å². The fourth-order valence-electron chi connectivity index (χ4n) is 1.69. The first-order valence-electron chi connectivity index (χ1n) is 5.13. The molecule has 1 fully saturated rings. The highest BCUT2D eigenvalue weighted by Crippen LogP contribution is 2.20. The molecule has 0 spiro atoms. The Morgan fingerprint density at radius 1 is 1.47 bits per heavy atom. The van der Waals surface area contributed by atoms with E-state index in [-0.39, 0.29) is 11.4 Å². The summed E-state index contributed by atoms with van der Waals surface area (Å²) < 4.78 is 10.3. The monoisotopic (exact) mass is 209 g/mol. The molecule has 1 aromatic rings. The molecule has 1 aliphatic heterocycles. The van der Waals surface area contributed by atoms with Crippen molar-refractivity contribution >= 4 is 5.91 Å². The average Bonchev–Trinajstić information content (AvgIpc) is 2.70. The molecule has 1 amide bonds. The molecule has 0 atom stereocenters. The van der Waals surface area contributed by atoms with Crippen LogP contribution >= 0.6 is 0 Å². The summed E-state index contributed by atoms with van der Waals surface area (Å²) in [7, 11) is 0. The molecular weight excluding hydrogens is 194 g/mol. The minimum absolute atomic E-state index is 0.149. The van der Waals surface area contributed by atoms with Crippen LogP contribution in [0.2, 0.25) is 0 Å². The van der Waals surface area contributed by atoms with Crippen molar-refractivity contribution in [2.24, 2.45) is 0 Å². The molecule has 0 unspecified atom stereocenters. The number of rotatable bonds is 2. The second-order valence-corrected chi connectivity index (χ2v) is 4.10. The van der Waals surface area contributed by atoms with Crippen LogP contribution in [0.1, 0.15) is 30.3 Å². The van der Waals surface area contributed by atoms with Crippen LogP contribution in [-0.2, 0) is 4.74 Å². The van der Waals surface area contributed by atoms with Gasteiger partial charge >= 0.3 is 0 Å². The third kappa shape index (κ3) is 2.39. The highest BCUT2D eigenvalue weighted by Gasteiger charge is 2.29. The van der Waals surface area contributed by atoms with Gasteiger partial charge in [0.1, 0.15) is 0 Å². The van der Waals surface area contributed by atoms with Gasteiger partial charge in [0.2, 0.25) is 0 Å². The normalized spacial score (nSPS) is 19.8. The fraction of sp³-hybridized carbons (Fsp3) is 0.545. The first-order valence-corrected chi connectivity index (χ1v) is 5.13. The molecule has 1 saturated heterocycles. The van der Waals surface area contributed by atoms with Crippen LogP contribution in [-0.4, -0.2) is 24.7 Å². The van der Waals surface area contributed by atoms with Crippen molar-refractivity contribution in [3.63, 3.8) is 0 Å². The summed E-state index contributed by atoms with van der Waals surface area (Å²) in [5.74, 6) is 0.215. The maximum absolute atomic E-state index is 11.7.